The predicted molar refractivity (Wildman–Crippen MR) is 87.8 cm³/mol. The van der Waals surface area contributed by atoms with Gasteiger partial charge < -0.3 is 10.3 Å². The Hall–Kier alpha value is -2.06. The average molecular weight is 276 g/mol. The van der Waals surface area contributed by atoms with E-state index in [2.05, 4.69) is 71.8 Å². The molecule has 1 aliphatic rings. The molecule has 2 N–H and O–H groups in total. The summed E-state index contributed by atoms with van der Waals surface area (Å²) in [6.07, 6.45) is 1.09. The van der Waals surface area contributed by atoms with Gasteiger partial charge in [-0.2, -0.15) is 0 Å². The topological polar surface area (TPSA) is 27.8 Å². The van der Waals surface area contributed by atoms with Gasteiger partial charge in [-0.05, 0) is 37.1 Å². The van der Waals surface area contributed by atoms with E-state index >= 15 is 0 Å². The van der Waals surface area contributed by atoms with Crippen LogP contribution < -0.4 is 5.32 Å². The van der Waals surface area contributed by atoms with E-state index in [1.165, 1.54) is 27.7 Å². The smallest absolute Gasteiger partial charge is 0.0459 e. The van der Waals surface area contributed by atoms with Crippen molar-refractivity contribution in [1.29, 1.82) is 0 Å². The molecule has 2 aromatic carbocycles. The molecule has 2 nitrogen and oxygen atoms in total. The van der Waals surface area contributed by atoms with Gasteiger partial charge in [0.1, 0.15) is 0 Å². The van der Waals surface area contributed by atoms with Crippen LogP contribution in [0, 0.1) is 0 Å². The van der Waals surface area contributed by atoms with Crippen LogP contribution >= 0.6 is 0 Å². The summed E-state index contributed by atoms with van der Waals surface area (Å²) >= 11 is 0. The van der Waals surface area contributed by atoms with Crippen LogP contribution in [0.2, 0.25) is 0 Å². The number of rotatable bonds is 1. The van der Waals surface area contributed by atoms with Gasteiger partial charge in [-0.25, -0.2) is 0 Å². The number of aromatic nitrogens is 1. The fourth-order valence-electron chi connectivity index (χ4n) is 3.66. The summed E-state index contributed by atoms with van der Waals surface area (Å²) in [5.74, 6) is 0.385. The Bertz CT molecular complexity index is 758. The summed E-state index contributed by atoms with van der Waals surface area (Å²) in [6.45, 7) is 3.33. The zero-order valence-electron chi connectivity index (χ0n) is 12.3. The molecule has 0 bridgehead atoms. The van der Waals surface area contributed by atoms with E-state index in [9.17, 15) is 0 Å². The van der Waals surface area contributed by atoms with Gasteiger partial charge in [0.15, 0.2) is 0 Å². The van der Waals surface area contributed by atoms with Crippen LogP contribution in [0.1, 0.15) is 29.7 Å². The molecule has 2 atom stereocenters. The quantitative estimate of drug-likeness (QED) is 0.694. The predicted octanol–water partition coefficient (Wildman–Crippen LogP) is 3.83. The average Bonchev–Trinajstić information content (AvgIpc) is 2.79. The second kappa shape index (κ2) is 5.05. The van der Waals surface area contributed by atoms with E-state index in [1.807, 2.05) is 0 Å². The minimum absolute atomic E-state index is 0.385. The highest BCUT2D eigenvalue weighted by Crippen LogP contribution is 2.35. The maximum atomic E-state index is 3.70. The fraction of sp³-hybridized carbons (Fsp3) is 0.263. The summed E-state index contributed by atoms with van der Waals surface area (Å²) in [7, 11) is 0. The monoisotopic (exact) mass is 276 g/mol. The van der Waals surface area contributed by atoms with Crippen molar-refractivity contribution in [3.63, 3.8) is 0 Å². The first-order valence-corrected chi connectivity index (χ1v) is 7.72. The molecular weight excluding hydrogens is 256 g/mol. The lowest BCUT2D eigenvalue weighted by Gasteiger charge is -2.23. The van der Waals surface area contributed by atoms with Crippen LogP contribution in [-0.4, -0.2) is 17.6 Å². The number of fused-ring (bicyclic) bond motifs is 3. The lowest BCUT2D eigenvalue weighted by molar-refractivity contribution is 0.516. The molecule has 3 aromatic rings. The molecule has 0 amide bonds. The Kier molecular flexibility index (Phi) is 3.04. The normalized spacial score (nSPS) is 22.0. The summed E-state index contributed by atoms with van der Waals surface area (Å²) < 4.78 is 0. The standard InChI is InChI=1S/C19H20N2/c1-13-18(14-7-3-2-4-8-14)19-16(11-12-20-13)15-9-5-6-10-17(15)21-19/h2-10,13,18,20-21H,11-12H2,1H3. The van der Waals surface area contributed by atoms with Crippen LogP contribution in [0.25, 0.3) is 10.9 Å². The summed E-state index contributed by atoms with van der Waals surface area (Å²) in [4.78, 5) is 3.70. The first-order chi connectivity index (χ1) is 10.3. The van der Waals surface area contributed by atoms with Crippen molar-refractivity contribution >= 4 is 10.9 Å². The largest absolute Gasteiger partial charge is 0.358 e. The Morgan fingerprint density at radius 2 is 1.71 bits per heavy atom. The molecule has 1 aliphatic heterocycles. The molecule has 1 aromatic heterocycles. The number of benzene rings is 2. The molecule has 21 heavy (non-hydrogen) atoms. The third-order valence-corrected chi connectivity index (χ3v) is 4.66. The first-order valence-electron chi connectivity index (χ1n) is 7.72. The summed E-state index contributed by atoms with van der Waals surface area (Å²) in [5, 5.41) is 5.05. The Balaban J connectivity index is 1.95. The molecule has 0 saturated carbocycles. The molecule has 2 heterocycles. The van der Waals surface area contributed by atoms with E-state index in [0.29, 0.717) is 12.0 Å². The molecule has 2 unspecified atom stereocenters. The Labute approximate surface area is 125 Å². The van der Waals surface area contributed by atoms with E-state index < -0.39 is 0 Å². The fourth-order valence-corrected chi connectivity index (χ4v) is 3.66. The highest BCUT2D eigenvalue weighted by molar-refractivity contribution is 5.85. The van der Waals surface area contributed by atoms with Gasteiger partial charge in [0.05, 0.1) is 0 Å². The number of para-hydroxylation sites is 1. The van der Waals surface area contributed by atoms with Gasteiger partial charge in [-0.3, -0.25) is 0 Å². The lowest BCUT2D eigenvalue weighted by Crippen LogP contribution is -2.32. The van der Waals surface area contributed by atoms with Gasteiger partial charge in [0.2, 0.25) is 0 Å². The lowest BCUT2D eigenvalue weighted by atomic mass is 9.88. The maximum absolute atomic E-state index is 3.70. The van der Waals surface area contributed by atoms with Crippen LogP contribution in [0.15, 0.2) is 54.6 Å². The van der Waals surface area contributed by atoms with Crippen molar-refractivity contribution in [2.45, 2.75) is 25.3 Å². The van der Waals surface area contributed by atoms with Crippen LogP contribution in [0.3, 0.4) is 0 Å². The zero-order valence-corrected chi connectivity index (χ0v) is 12.3. The molecule has 0 fully saturated rings. The Morgan fingerprint density at radius 1 is 0.952 bits per heavy atom. The van der Waals surface area contributed by atoms with Crippen molar-refractivity contribution < 1.29 is 0 Å². The second-order valence-electron chi connectivity index (χ2n) is 5.94. The van der Waals surface area contributed by atoms with Crippen molar-refractivity contribution in [3.05, 3.63) is 71.4 Å². The maximum Gasteiger partial charge on any atom is 0.0459 e. The molecule has 0 radical (unpaired) electrons. The molecule has 0 spiro atoms. The molecular formula is C19H20N2. The van der Waals surface area contributed by atoms with Crippen LogP contribution in [0.4, 0.5) is 0 Å². The minimum atomic E-state index is 0.385. The Morgan fingerprint density at radius 3 is 2.57 bits per heavy atom. The SMILES string of the molecule is CC1NCCc2c([nH]c3ccccc23)C1c1ccccc1. The van der Waals surface area contributed by atoms with E-state index in [4.69, 9.17) is 0 Å². The van der Waals surface area contributed by atoms with E-state index in [1.54, 1.807) is 0 Å². The summed E-state index contributed by atoms with van der Waals surface area (Å²) in [6, 6.07) is 19.9. The highest BCUT2D eigenvalue weighted by atomic mass is 14.9. The van der Waals surface area contributed by atoms with Gasteiger partial charge in [-0.1, -0.05) is 48.5 Å². The third kappa shape index (κ3) is 2.07. The first kappa shape index (κ1) is 12.7. The minimum Gasteiger partial charge on any atom is -0.358 e. The van der Waals surface area contributed by atoms with Gasteiger partial charge in [-0.15, -0.1) is 0 Å². The van der Waals surface area contributed by atoms with Gasteiger partial charge in [0, 0.05) is 28.6 Å². The molecule has 0 aliphatic carbocycles. The van der Waals surface area contributed by atoms with E-state index in [-0.39, 0.29) is 0 Å². The van der Waals surface area contributed by atoms with Crippen molar-refractivity contribution in [2.75, 3.05) is 6.54 Å². The van der Waals surface area contributed by atoms with Gasteiger partial charge >= 0.3 is 0 Å². The number of aromatic amines is 1. The van der Waals surface area contributed by atoms with Crippen molar-refractivity contribution in [3.8, 4) is 0 Å². The molecule has 2 heteroatoms. The van der Waals surface area contributed by atoms with Gasteiger partial charge in [0.25, 0.3) is 0 Å². The number of hydrogen-bond donors (Lipinski definition) is 2. The number of H-pyrrole nitrogens is 1. The molecule has 4 rings (SSSR count). The zero-order chi connectivity index (χ0) is 14.2. The van der Waals surface area contributed by atoms with Crippen LogP contribution in [-0.2, 0) is 6.42 Å². The number of hydrogen-bond acceptors (Lipinski definition) is 1. The second-order valence-corrected chi connectivity index (χ2v) is 5.94. The van der Waals surface area contributed by atoms with Crippen molar-refractivity contribution in [2.24, 2.45) is 0 Å². The van der Waals surface area contributed by atoms with Crippen LogP contribution in [0.5, 0.6) is 0 Å². The van der Waals surface area contributed by atoms with Crippen molar-refractivity contribution in [1.82, 2.24) is 10.3 Å². The van der Waals surface area contributed by atoms with E-state index in [0.717, 1.165) is 13.0 Å². The molecule has 106 valence electrons. The highest BCUT2D eigenvalue weighted by Gasteiger charge is 2.28. The molecule has 0 saturated heterocycles. The third-order valence-electron chi connectivity index (χ3n) is 4.66. The number of nitrogens with one attached hydrogen (secondary N) is 2. The summed E-state index contributed by atoms with van der Waals surface area (Å²) in [5.41, 5.74) is 5.51.